The molecule has 3 aromatic carbocycles. The van der Waals surface area contributed by atoms with Crippen molar-refractivity contribution in [2.45, 2.75) is 26.3 Å². The van der Waals surface area contributed by atoms with Crippen LogP contribution in [0.2, 0.25) is 0 Å². The molecule has 0 amide bonds. The number of benzene rings is 3. The van der Waals surface area contributed by atoms with Gasteiger partial charge in [0.25, 0.3) is 0 Å². The van der Waals surface area contributed by atoms with E-state index in [-0.39, 0.29) is 5.78 Å². The monoisotopic (exact) mass is 471 g/mol. The minimum Gasteiger partial charge on any atom is -0.493 e. The molecule has 3 aromatic rings. The van der Waals surface area contributed by atoms with E-state index in [1.807, 2.05) is 42.5 Å². The van der Waals surface area contributed by atoms with Gasteiger partial charge in [0.2, 0.25) is 5.78 Å². The van der Waals surface area contributed by atoms with Gasteiger partial charge in [-0.2, -0.15) is 0 Å². The molecule has 2 aliphatic rings. The maximum atomic E-state index is 13.0. The van der Waals surface area contributed by atoms with Gasteiger partial charge in [-0.05, 0) is 59.9 Å². The van der Waals surface area contributed by atoms with Crippen molar-refractivity contribution in [1.29, 1.82) is 0 Å². The Labute approximate surface area is 205 Å². The number of aryl methyl sites for hydroxylation is 1. The Morgan fingerprint density at radius 3 is 2.49 bits per heavy atom. The average Bonchev–Trinajstić information content (AvgIpc) is 3.22. The first kappa shape index (κ1) is 23.0. The summed E-state index contributed by atoms with van der Waals surface area (Å²) in [5, 5.41) is 0. The number of nitrogens with zero attached hydrogens (tertiary/aromatic N) is 1. The highest BCUT2D eigenvalue weighted by Crippen LogP contribution is 2.42. The van der Waals surface area contributed by atoms with Crippen LogP contribution in [-0.2, 0) is 19.4 Å². The summed E-state index contributed by atoms with van der Waals surface area (Å²) in [4.78, 5) is 15.3. The third-order valence-corrected chi connectivity index (χ3v) is 6.53. The summed E-state index contributed by atoms with van der Waals surface area (Å²) < 4.78 is 22.9. The van der Waals surface area contributed by atoms with Gasteiger partial charge in [0, 0.05) is 13.1 Å². The number of ketones is 1. The Kier molecular flexibility index (Phi) is 6.47. The molecule has 2 aliphatic heterocycles. The number of carbonyl (C=O) groups excluding carboxylic acids is 1. The Bertz CT molecular complexity index is 1280. The summed E-state index contributed by atoms with van der Waals surface area (Å²) in [5.74, 6) is 3.07. The molecule has 5 rings (SSSR count). The van der Waals surface area contributed by atoms with Gasteiger partial charge in [-0.25, -0.2) is 0 Å². The standard InChI is InChI=1S/C29H29NO5/c1-4-19-5-7-20(8-6-19)16-27-28(31)22-10-12-24-23(29(22)35-27)17-30(18-34-24)14-13-21-9-11-25(32-2)26(15-21)33-3/h5-12,15-16H,4,13-14,17-18H2,1-3H3/b27-16-. The lowest BCUT2D eigenvalue weighted by molar-refractivity contribution is 0.0949. The van der Waals surface area contributed by atoms with Crippen LogP contribution >= 0.6 is 0 Å². The van der Waals surface area contributed by atoms with Crippen molar-refractivity contribution >= 4 is 11.9 Å². The molecule has 0 saturated heterocycles. The predicted molar refractivity (Wildman–Crippen MR) is 134 cm³/mol. The molecule has 35 heavy (non-hydrogen) atoms. The van der Waals surface area contributed by atoms with Crippen molar-refractivity contribution in [1.82, 2.24) is 4.90 Å². The molecule has 0 radical (unpaired) electrons. The second-order valence-corrected chi connectivity index (χ2v) is 8.72. The van der Waals surface area contributed by atoms with Gasteiger partial charge >= 0.3 is 0 Å². The zero-order valence-corrected chi connectivity index (χ0v) is 20.3. The van der Waals surface area contributed by atoms with Crippen LogP contribution in [0.15, 0.2) is 60.4 Å². The van der Waals surface area contributed by atoms with Crippen molar-refractivity contribution in [2.24, 2.45) is 0 Å². The predicted octanol–water partition coefficient (Wildman–Crippen LogP) is 5.28. The first-order chi connectivity index (χ1) is 17.1. The summed E-state index contributed by atoms with van der Waals surface area (Å²) >= 11 is 0. The SMILES string of the molecule is CCc1ccc(/C=C2\Oc3c(ccc4c3CN(CCc3ccc(OC)c(OC)c3)CO4)C2=O)cc1. The van der Waals surface area contributed by atoms with Crippen LogP contribution in [0.5, 0.6) is 23.0 Å². The van der Waals surface area contributed by atoms with Gasteiger partial charge in [0.1, 0.15) is 18.2 Å². The van der Waals surface area contributed by atoms with E-state index in [1.165, 1.54) is 5.56 Å². The van der Waals surface area contributed by atoms with Crippen molar-refractivity contribution in [3.63, 3.8) is 0 Å². The molecule has 0 fully saturated rings. The highest BCUT2D eigenvalue weighted by atomic mass is 16.5. The van der Waals surface area contributed by atoms with Crippen molar-refractivity contribution in [2.75, 3.05) is 27.5 Å². The van der Waals surface area contributed by atoms with Crippen LogP contribution in [0.4, 0.5) is 0 Å². The average molecular weight is 472 g/mol. The van der Waals surface area contributed by atoms with Crippen LogP contribution in [0.3, 0.4) is 0 Å². The maximum absolute atomic E-state index is 13.0. The number of Topliss-reactive ketones (excluding diaryl/α,β-unsaturated/α-hetero) is 1. The minimum absolute atomic E-state index is 0.0928. The zero-order chi connectivity index (χ0) is 24.4. The molecule has 6 heteroatoms. The van der Waals surface area contributed by atoms with Gasteiger partial charge in [0.05, 0.1) is 25.3 Å². The Morgan fingerprint density at radius 2 is 1.74 bits per heavy atom. The minimum atomic E-state index is -0.0928. The maximum Gasteiger partial charge on any atom is 0.231 e. The molecule has 0 atom stereocenters. The molecule has 0 saturated carbocycles. The molecule has 2 heterocycles. The van der Waals surface area contributed by atoms with E-state index < -0.39 is 0 Å². The fourth-order valence-corrected chi connectivity index (χ4v) is 4.47. The lowest BCUT2D eigenvalue weighted by Gasteiger charge is -2.29. The molecule has 0 spiro atoms. The molecular formula is C29H29NO5. The Balaban J connectivity index is 1.32. The largest absolute Gasteiger partial charge is 0.493 e. The van der Waals surface area contributed by atoms with Crippen LogP contribution in [0.1, 0.15) is 39.5 Å². The zero-order valence-electron chi connectivity index (χ0n) is 20.3. The molecule has 0 aromatic heterocycles. The summed E-state index contributed by atoms with van der Waals surface area (Å²) in [6.07, 6.45) is 3.62. The van der Waals surface area contributed by atoms with E-state index in [4.69, 9.17) is 18.9 Å². The van der Waals surface area contributed by atoms with Gasteiger partial charge in [-0.15, -0.1) is 0 Å². The van der Waals surface area contributed by atoms with Gasteiger partial charge < -0.3 is 18.9 Å². The Morgan fingerprint density at radius 1 is 0.971 bits per heavy atom. The number of rotatable bonds is 7. The molecule has 0 bridgehead atoms. The number of hydrogen-bond acceptors (Lipinski definition) is 6. The van der Waals surface area contributed by atoms with Crippen molar-refractivity contribution < 1.29 is 23.7 Å². The summed E-state index contributed by atoms with van der Waals surface area (Å²) in [6.45, 7) is 4.05. The number of allylic oxidation sites excluding steroid dienone is 1. The van der Waals surface area contributed by atoms with Crippen LogP contribution in [0.25, 0.3) is 6.08 Å². The fraction of sp³-hybridized carbons (Fsp3) is 0.276. The number of carbonyl (C=O) groups is 1. The number of hydrogen-bond donors (Lipinski definition) is 0. The van der Waals surface area contributed by atoms with E-state index in [0.29, 0.717) is 36.1 Å². The normalized spacial score (nSPS) is 15.9. The lowest BCUT2D eigenvalue weighted by Crippen LogP contribution is -2.33. The van der Waals surface area contributed by atoms with Crippen LogP contribution < -0.4 is 18.9 Å². The highest BCUT2D eigenvalue weighted by Gasteiger charge is 2.33. The lowest BCUT2D eigenvalue weighted by atomic mass is 10.0. The second-order valence-electron chi connectivity index (χ2n) is 8.72. The van der Waals surface area contributed by atoms with E-state index in [1.54, 1.807) is 20.3 Å². The molecular weight excluding hydrogens is 442 g/mol. The van der Waals surface area contributed by atoms with Gasteiger partial charge in [-0.1, -0.05) is 37.3 Å². The first-order valence-corrected chi connectivity index (χ1v) is 11.8. The number of ether oxygens (including phenoxy) is 4. The van der Waals surface area contributed by atoms with Crippen molar-refractivity contribution in [3.05, 3.63) is 88.2 Å². The summed E-state index contributed by atoms with van der Waals surface area (Å²) in [7, 11) is 3.27. The third-order valence-electron chi connectivity index (χ3n) is 6.53. The summed E-state index contributed by atoms with van der Waals surface area (Å²) in [5.41, 5.74) is 4.86. The summed E-state index contributed by atoms with van der Waals surface area (Å²) in [6, 6.07) is 17.8. The van der Waals surface area contributed by atoms with Crippen molar-refractivity contribution in [3.8, 4) is 23.0 Å². The van der Waals surface area contributed by atoms with E-state index in [2.05, 4.69) is 24.0 Å². The topological polar surface area (TPSA) is 57.2 Å². The van der Waals surface area contributed by atoms with Gasteiger partial charge in [0.15, 0.2) is 17.3 Å². The van der Waals surface area contributed by atoms with Crippen LogP contribution in [-0.4, -0.2) is 38.2 Å². The Hall–Kier alpha value is -3.77. The number of fused-ring (bicyclic) bond motifs is 3. The molecule has 0 aliphatic carbocycles. The fourth-order valence-electron chi connectivity index (χ4n) is 4.47. The molecule has 6 nitrogen and oxygen atoms in total. The molecule has 0 unspecified atom stereocenters. The van der Waals surface area contributed by atoms with Crippen LogP contribution in [0, 0.1) is 0 Å². The third kappa shape index (κ3) is 4.62. The molecule has 0 N–H and O–H groups in total. The smallest absolute Gasteiger partial charge is 0.231 e. The van der Waals surface area contributed by atoms with Gasteiger partial charge in [-0.3, -0.25) is 9.69 Å². The second kappa shape index (κ2) is 9.84. The highest BCUT2D eigenvalue weighted by molar-refractivity contribution is 6.15. The van der Waals surface area contributed by atoms with E-state index >= 15 is 0 Å². The quantitative estimate of drug-likeness (QED) is 0.437. The first-order valence-electron chi connectivity index (χ1n) is 11.8. The molecule has 180 valence electrons. The van der Waals surface area contributed by atoms with E-state index in [9.17, 15) is 4.79 Å². The van der Waals surface area contributed by atoms with E-state index in [0.717, 1.165) is 47.6 Å². The number of methoxy groups -OCH3 is 2.